The molecule has 0 aliphatic carbocycles. The first-order valence-electron chi connectivity index (χ1n) is 4.63. The first kappa shape index (κ1) is 19.2. The van der Waals surface area contributed by atoms with E-state index in [0.717, 1.165) is 0 Å². The number of carbonyl (C=O) groups is 2. The number of alkyl halides is 5. The Hall–Kier alpha value is -1.76. The molecule has 1 unspecified atom stereocenters. The number of rotatable bonds is 6. The Morgan fingerprint density at radius 1 is 1.24 bits per heavy atom. The molecule has 0 aromatic heterocycles. The zero-order chi connectivity index (χ0) is 17.1. The standard InChI is InChI=1S/C8H7F5O7S/c1-2-4(14)20-5(8(11,12)13)6(15)19-3-7(9,10)21(16,17)18/h2,5H,1,3H2,(H,16,17,18). The van der Waals surface area contributed by atoms with E-state index in [1.54, 1.807) is 0 Å². The lowest BCUT2D eigenvalue weighted by molar-refractivity contribution is -0.229. The van der Waals surface area contributed by atoms with Gasteiger partial charge in [0.25, 0.3) is 6.10 Å². The van der Waals surface area contributed by atoms with Gasteiger partial charge in [-0.15, -0.1) is 0 Å². The number of esters is 2. The Kier molecular flexibility index (Phi) is 5.81. The van der Waals surface area contributed by atoms with E-state index in [1.807, 2.05) is 0 Å². The van der Waals surface area contributed by atoms with Crippen molar-refractivity contribution in [2.45, 2.75) is 17.5 Å². The van der Waals surface area contributed by atoms with Gasteiger partial charge in [-0.2, -0.15) is 30.4 Å². The summed E-state index contributed by atoms with van der Waals surface area (Å²) in [5, 5.41) is -5.03. The fourth-order valence-electron chi connectivity index (χ4n) is 0.718. The molecular weight excluding hydrogens is 335 g/mol. The minimum Gasteiger partial charge on any atom is -0.455 e. The predicted molar refractivity (Wildman–Crippen MR) is 53.6 cm³/mol. The Bertz CT molecular complexity index is 524. The van der Waals surface area contributed by atoms with Gasteiger partial charge >= 0.3 is 33.5 Å². The molecular formula is C8H7F5O7S. The van der Waals surface area contributed by atoms with Crippen LogP contribution in [-0.2, 0) is 29.2 Å². The van der Waals surface area contributed by atoms with Gasteiger partial charge in [0.2, 0.25) is 0 Å². The van der Waals surface area contributed by atoms with E-state index in [4.69, 9.17) is 4.55 Å². The average Bonchev–Trinajstić information content (AvgIpc) is 2.29. The van der Waals surface area contributed by atoms with Gasteiger partial charge in [0, 0.05) is 6.08 Å². The molecule has 0 aromatic carbocycles. The maximum absolute atomic E-state index is 12.7. The van der Waals surface area contributed by atoms with E-state index in [9.17, 15) is 40.0 Å². The first-order chi connectivity index (χ1) is 9.22. The molecule has 21 heavy (non-hydrogen) atoms. The van der Waals surface area contributed by atoms with Gasteiger partial charge in [0.05, 0.1) is 0 Å². The Morgan fingerprint density at radius 3 is 2.05 bits per heavy atom. The van der Waals surface area contributed by atoms with Crippen LogP contribution in [0.3, 0.4) is 0 Å². The highest BCUT2D eigenvalue weighted by atomic mass is 32.2. The second-order valence-corrected chi connectivity index (χ2v) is 4.83. The predicted octanol–water partition coefficient (Wildman–Crippen LogP) is 0.670. The van der Waals surface area contributed by atoms with Gasteiger partial charge in [-0.3, -0.25) is 4.55 Å². The van der Waals surface area contributed by atoms with Crippen molar-refractivity contribution >= 4 is 22.1 Å². The lowest BCUT2D eigenvalue weighted by Gasteiger charge is -2.20. The summed E-state index contributed by atoms with van der Waals surface area (Å²) in [4.78, 5) is 21.6. The fourth-order valence-corrected chi connectivity index (χ4v) is 0.926. The van der Waals surface area contributed by atoms with Crippen molar-refractivity contribution in [3.05, 3.63) is 12.7 Å². The third kappa shape index (κ3) is 5.63. The number of carbonyl (C=O) groups excluding carboxylic acids is 2. The van der Waals surface area contributed by atoms with Crippen LogP contribution in [0.1, 0.15) is 0 Å². The highest BCUT2D eigenvalue weighted by Crippen LogP contribution is 2.26. The summed E-state index contributed by atoms with van der Waals surface area (Å²) in [6.45, 7) is 0.346. The molecule has 0 spiro atoms. The van der Waals surface area contributed by atoms with Crippen LogP contribution in [-0.4, -0.2) is 49.1 Å². The molecule has 122 valence electrons. The quantitative estimate of drug-likeness (QED) is 0.327. The van der Waals surface area contributed by atoms with Crippen molar-refractivity contribution in [2.75, 3.05) is 6.61 Å². The summed E-state index contributed by atoms with van der Waals surface area (Å²) in [7, 11) is -6.00. The largest absolute Gasteiger partial charge is 0.455 e. The Balaban J connectivity index is 5.02. The molecule has 7 nitrogen and oxygen atoms in total. The zero-order valence-electron chi connectivity index (χ0n) is 9.76. The summed E-state index contributed by atoms with van der Waals surface area (Å²) in [5.74, 6) is -4.20. The number of hydrogen-bond acceptors (Lipinski definition) is 6. The SMILES string of the molecule is C=CC(=O)OC(C(=O)OCC(F)(F)S(=O)(=O)O)C(F)(F)F. The zero-order valence-corrected chi connectivity index (χ0v) is 10.6. The van der Waals surface area contributed by atoms with Crippen LogP contribution in [0, 0.1) is 0 Å². The molecule has 1 N–H and O–H groups in total. The summed E-state index contributed by atoms with van der Waals surface area (Å²) in [6, 6.07) is 0. The third-order valence-corrected chi connectivity index (χ3v) is 2.54. The van der Waals surface area contributed by atoms with Crippen molar-refractivity contribution in [1.29, 1.82) is 0 Å². The maximum atomic E-state index is 12.7. The molecule has 0 rings (SSSR count). The molecule has 0 aliphatic rings. The second-order valence-electron chi connectivity index (χ2n) is 3.28. The minimum atomic E-state index is -6.00. The molecule has 0 aromatic rings. The van der Waals surface area contributed by atoms with Gasteiger partial charge in [-0.1, -0.05) is 6.58 Å². The normalized spacial score (nSPS) is 14.2. The van der Waals surface area contributed by atoms with E-state index >= 15 is 0 Å². The van der Waals surface area contributed by atoms with Crippen LogP contribution >= 0.6 is 0 Å². The van der Waals surface area contributed by atoms with Crippen LogP contribution in [0.2, 0.25) is 0 Å². The second kappa shape index (κ2) is 6.34. The van der Waals surface area contributed by atoms with Crippen LogP contribution in [0.4, 0.5) is 22.0 Å². The molecule has 1 atom stereocenters. The van der Waals surface area contributed by atoms with Gasteiger partial charge in [-0.25, -0.2) is 9.59 Å². The van der Waals surface area contributed by atoms with Crippen LogP contribution in [0.5, 0.6) is 0 Å². The molecule has 0 saturated heterocycles. The van der Waals surface area contributed by atoms with Crippen LogP contribution < -0.4 is 0 Å². The van der Waals surface area contributed by atoms with Crippen molar-refractivity contribution in [3.8, 4) is 0 Å². The summed E-state index contributed by atoms with van der Waals surface area (Å²) >= 11 is 0. The van der Waals surface area contributed by atoms with Gasteiger partial charge in [-0.05, 0) is 0 Å². The summed E-state index contributed by atoms with van der Waals surface area (Å²) < 4.78 is 97.7. The molecule has 13 heteroatoms. The highest BCUT2D eigenvalue weighted by Gasteiger charge is 2.52. The molecule has 0 saturated carbocycles. The minimum absolute atomic E-state index is 0.263. The van der Waals surface area contributed by atoms with Gasteiger partial charge in [0.1, 0.15) is 0 Å². The summed E-state index contributed by atoms with van der Waals surface area (Å²) in [6.07, 6.45) is -8.79. The van der Waals surface area contributed by atoms with Crippen molar-refractivity contribution < 1.29 is 54.0 Å². The molecule has 0 radical (unpaired) electrons. The van der Waals surface area contributed by atoms with Gasteiger partial charge < -0.3 is 9.47 Å². The van der Waals surface area contributed by atoms with E-state index in [0.29, 0.717) is 0 Å². The first-order valence-corrected chi connectivity index (χ1v) is 6.07. The van der Waals surface area contributed by atoms with Crippen molar-refractivity contribution in [2.24, 2.45) is 0 Å². The number of ether oxygens (including phenoxy) is 2. The van der Waals surface area contributed by atoms with E-state index in [-0.39, 0.29) is 6.08 Å². The third-order valence-electron chi connectivity index (χ3n) is 1.67. The highest BCUT2D eigenvalue weighted by molar-refractivity contribution is 7.86. The molecule has 0 heterocycles. The average molecular weight is 342 g/mol. The smallest absolute Gasteiger partial charge is 0.436 e. The van der Waals surface area contributed by atoms with Crippen molar-refractivity contribution in [3.63, 3.8) is 0 Å². The Labute approximate surface area is 114 Å². The van der Waals surface area contributed by atoms with E-state index < -0.39 is 46.2 Å². The van der Waals surface area contributed by atoms with Crippen LogP contribution in [0.15, 0.2) is 12.7 Å². The molecule has 0 bridgehead atoms. The lowest BCUT2D eigenvalue weighted by Crippen LogP contribution is -2.44. The molecule has 0 aliphatic heterocycles. The fraction of sp³-hybridized carbons (Fsp3) is 0.500. The summed E-state index contributed by atoms with van der Waals surface area (Å²) in [5.41, 5.74) is 0. The molecule has 0 fully saturated rings. The molecule has 0 amide bonds. The van der Waals surface area contributed by atoms with Crippen molar-refractivity contribution in [1.82, 2.24) is 0 Å². The maximum Gasteiger partial charge on any atom is 0.436 e. The lowest BCUT2D eigenvalue weighted by atomic mass is 10.3. The Morgan fingerprint density at radius 2 is 1.71 bits per heavy atom. The van der Waals surface area contributed by atoms with E-state index in [1.165, 1.54) is 0 Å². The number of hydrogen-bond donors (Lipinski definition) is 1. The topological polar surface area (TPSA) is 107 Å². The number of halogens is 5. The van der Waals surface area contributed by atoms with E-state index in [2.05, 4.69) is 16.1 Å². The van der Waals surface area contributed by atoms with Gasteiger partial charge in [0.15, 0.2) is 6.61 Å². The van der Waals surface area contributed by atoms with Crippen LogP contribution in [0.25, 0.3) is 0 Å². The monoisotopic (exact) mass is 342 g/mol.